The molecule has 1 amide bonds. The maximum Gasteiger partial charge on any atom is 0.222 e. The van der Waals surface area contributed by atoms with Crippen LogP contribution in [0.5, 0.6) is 0 Å². The van der Waals surface area contributed by atoms with Crippen molar-refractivity contribution in [2.75, 3.05) is 14.1 Å². The Morgan fingerprint density at radius 1 is 1.33 bits per heavy atom. The predicted molar refractivity (Wildman–Crippen MR) is 71.9 cm³/mol. The molecule has 3 heteroatoms. The summed E-state index contributed by atoms with van der Waals surface area (Å²) in [5.74, 6) is -0.0649. The number of amides is 1. The third-order valence-electron chi connectivity index (χ3n) is 3.21. The highest BCUT2D eigenvalue weighted by molar-refractivity contribution is 5.76. The summed E-state index contributed by atoms with van der Waals surface area (Å²) < 4.78 is 0. The van der Waals surface area contributed by atoms with E-state index in [0.717, 1.165) is 12.0 Å². The van der Waals surface area contributed by atoms with Gasteiger partial charge in [0, 0.05) is 26.4 Å². The molecule has 3 nitrogen and oxygen atoms in total. The van der Waals surface area contributed by atoms with Gasteiger partial charge in [0.1, 0.15) is 0 Å². The van der Waals surface area contributed by atoms with Gasteiger partial charge in [-0.25, -0.2) is 0 Å². The van der Waals surface area contributed by atoms with Crippen molar-refractivity contribution in [3.63, 3.8) is 0 Å². The molecule has 1 aromatic rings. The van der Waals surface area contributed by atoms with Crippen LogP contribution in [0.4, 0.5) is 0 Å². The molecule has 0 aliphatic carbocycles. The van der Waals surface area contributed by atoms with E-state index in [9.17, 15) is 10.1 Å². The molecular weight excluding hydrogens is 224 g/mol. The Morgan fingerprint density at radius 2 is 1.94 bits per heavy atom. The highest BCUT2D eigenvalue weighted by atomic mass is 16.2. The van der Waals surface area contributed by atoms with Gasteiger partial charge in [-0.15, -0.1) is 0 Å². The Labute approximate surface area is 109 Å². The topological polar surface area (TPSA) is 44.1 Å². The largest absolute Gasteiger partial charge is 0.349 e. The van der Waals surface area contributed by atoms with Crippen LogP contribution >= 0.6 is 0 Å². The Morgan fingerprint density at radius 3 is 2.39 bits per heavy atom. The average molecular weight is 244 g/mol. The van der Waals surface area contributed by atoms with E-state index in [2.05, 4.69) is 6.07 Å². The standard InChI is InChI=1S/C15H20N2O/c1-4-12(11-16)14(10-15(18)17(2)3)13-8-6-5-7-9-13/h5-9,12,14H,4,10H2,1-3H3/t12-,14+/m1/s1. The van der Waals surface area contributed by atoms with Crippen molar-refractivity contribution in [3.8, 4) is 6.07 Å². The molecule has 0 N–H and O–H groups in total. The minimum absolute atomic E-state index is 0.0175. The van der Waals surface area contributed by atoms with Crippen LogP contribution in [0.15, 0.2) is 30.3 Å². The van der Waals surface area contributed by atoms with Crippen molar-refractivity contribution >= 4 is 5.91 Å². The van der Waals surface area contributed by atoms with Crippen LogP contribution in [0.1, 0.15) is 31.2 Å². The summed E-state index contributed by atoms with van der Waals surface area (Å²) in [5, 5.41) is 9.23. The fraction of sp³-hybridized carbons (Fsp3) is 0.467. The van der Waals surface area contributed by atoms with Crippen molar-refractivity contribution in [2.24, 2.45) is 5.92 Å². The zero-order chi connectivity index (χ0) is 13.5. The molecule has 0 bridgehead atoms. The van der Waals surface area contributed by atoms with E-state index in [4.69, 9.17) is 0 Å². The van der Waals surface area contributed by atoms with Gasteiger partial charge < -0.3 is 4.90 Å². The number of hydrogen-bond acceptors (Lipinski definition) is 2. The summed E-state index contributed by atoms with van der Waals surface area (Å²) in [6, 6.07) is 12.2. The third kappa shape index (κ3) is 3.59. The van der Waals surface area contributed by atoms with Crippen molar-refractivity contribution in [3.05, 3.63) is 35.9 Å². The van der Waals surface area contributed by atoms with E-state index in [0.29, 0.717) is 6.42 Å². The second-order valence-corrected chi connectivity index (χ2v) is 4.65. The zero-order valence-electron chi connectivity index (χ0n) is 11.3. The lowest BCUT2D eigenvalue weighted by molar-refractivity contribution is -0.129. The number of rotatable bonds is 5. The van der Waals surface area contributed by atoms with E-state index in [1.54, 1.807) is 19.0 Å². The maximum atomic E-state index is 11.9. The first-order valence-electron chi connectivity index (χ1n) is 6.24. The second-order valence-electron chi connectivity index (χ2n) is 4.65. The molecule has 0 aliphatic heterocycles. The van der Waals surface area contributed by atoms with E-state index in [-0.39, 0.29) is 17.7 Å². The second kappa shape index (κ2) is 6.80. The van der Waals surface area contributed by atoms with Crippen molar-refractivity contribution in [1.82, 2.24) is 4.90 Å². The molecule has 0 fully saturated rings. The summed E-state index contributed by atoms with van der Waals surface area (Å²) >= 11 is 0. The minimum atomic E-state index is -0.115. The first-order chi connectivity index (χ1) is 8.60. The van der Waals surface area contributed by atoms with Gasteiger partial charge in [-0.05, 0) is 12.0 Å². The van der Waals surface area contributed by atoms with E-state index in [1.807, 2.05) is 37.3 Å². The van der Waals surface area contributed by atoms with Gasteiger partial charge in [0.25, 0.3) is 0 Å². The number of benzene rings is 1. The summed E-state index contributed by atoms with van der Waals surface area (Å²) in [5.41, 5.74) is 1.07. The number of carbonyl (C=O) groups excluding carboxylic acids is 1. The summed E-state index contributed by atoms with van der Waals surface area (Å²) in [6.07, 6.45) is 1.15. The highest BCUT2D eigenvalue weighted by Crippen LogP contribution is 2.30. The van der Waals surface area contributed by atoms with Crippen LogP contribution in [-0.2, 0) is 4.79 Å². The molecule has 0 radical (unpaired) electrons. The van der Waals surface area contributed by atoms with Crippen LogP contribution < -0.4 is 0 Å². The zero-order valence-corrected chi connectivity index (χ0v) is 11.3. The molecule has 1 rings (SSSR count). The molecular formula is C15H20N2O. The molecule has 0 heterocycles. The molecule has 0 unspecified atom stereocenters. The van der Waals surface area contributed by atoms with Crippen LogP contribution in [0.3, 0.4) is 0 Å². The summed E-state index contributed by atoms with van der Waals surface area (Å²) in [7, 11) is 3.50. The number of nitriles is 1. The van der Waals surface area contributed by atoms with E-state index >= 15 is 0 Å². The van der Waals surface area contributed by atoms with Crippen LogP contribution in [0, 0.1) is 17.2 Å². The van der Waals surface area contributed by atoms with Gasteiger partial charge in [-0.3, -0.25) is 4.79 Å². The summed E-state index contributed by atoms with van der Waals surface area (Å²) in [4.78, 5) is 13.5. The molecule has 96 valence electrons. The first-order valence-corrected chi connectivity index (χ1v) is 6.24. The molecule has 0 saturated heterocycles. The Balaban J connectivity index is 2.96. The lowest BCUT2D eigenvalue weighted by Crippen LogP contribution is -2.26. The van der Waals surface area contributed by atoms with Gasteiger partial charge >= 0.3 is 0 Å². The fourth-order valence-corrected chi connectivity index (χ4v) is 2.03. The Kier molecular flexibility index (Phi) is 5.38. The molecule has 0 aliphatic rings. The lowest BCUT2D eigenvalue weighted by Gasteiger charge is -2.22. The third-order valence-corrected chi connectivity index (χ3v) is 3.21. The fourth-order valence-electron chi connectivity index (χ4n) is 2.03. The molecule has 0 saturated carbocycles. The van der Waals surface area contributed by atoms with Crippen LogP contribution in [-0.4, -0.2) is 24.9 Å². The molecule has 18 heavy (non-hydrogen) atoms. The maximum absolute atomic E-state index is 11.9. The molecule has 0 aromatic heterocycles. The monoisotopic (exact) mass is 244 g/mol. The Bertz CT molecular complexity index is 420. The first kappa shape index (κ1) is 14.2. The van der Waals surface area contributed by atoms with Crippen molar-refractivity contribution in [2.45, 2.75) is 25.7 Å². The highest BCUT2D eigenvalue weighted by Gasteiger charge is 2.24. The smallest absolute Gasteiger partial charge is 0.222 e. The number of nitrogens with zero attached hydrogens (tertiary/aromatic N) is 2. The Hall–Kier alpha value is -1.82. The predicted octanol–water partition coefficient (Wildman–Crippen LogP) is 2.80. The minimum Gasteiger partial charge on any atom is -0.349 e. The van der Waals surface area contributed by atoms with Gasteiger partial charge in [0.2, 0.25) is 5.91 Å². The van der Waals surface area contributed by atoms with Crippen molar-refractivity contribution < 1.29 is 4.79 Å². The van der Waals surface area contributed by atoms with Crippen molar-refractivity contribution in [1.29, 1.82) is 5.26 Å². The summed E-state index contributed by atoms with van der Waals surface area (Å²) in [6.45, 7) is 1.99. The van der Waals surface area contributed by atoms with Gasteiger partial charge in [0.15, 0.2) is 0 Å². The average Bonchev–Trinajstić information content (AvgIpc) is 2.39. The number of carbonyl (C=O) groups is 1. The molecule has 2 atom stereocenters. The molecule has 1 aromatic carbocycles. The number of hydrogen-bond donors (Lipinski definition) is 0. The van der Waals surface area contributed by atoms with E-state index < -0.39 is 0 Å². The molecule has 0 spiro atoms. The van der Waals surface area contributed by atoms with E-state index in [1.165, 1.54) is 0 Å². The van der Waals surface area contributed by atoms with Crippen LogP contribution in [0.25, 0.3) is 0 Å². The van der Waals surface area contributed by atoms with Crippen LogP contribution in [0.2, 0.25) is 0 Å². The van der Waals surface area contributed by atoms with Gasteiger partial charge in [-0.1, -0.05) is 37.3 Å². The van der Waals surface area contributed by atoms with Gasteiger partial charge in [0.05, 0.1) is 12.0 Å². The quantitative estimate of drug-likeness (QED) is 0.799. The normalized spacial score (nSPS) is 13.4. The lowest BCUT2D eigenvalue weighted by atomic mass is 9.82. The van der Waals surface area contributed by atoms with Gasteiger partial charge in [-0.2, -0.15) is 5.26 Å². The SMILES string of the molecule is CC[C@H](C#N)[C@H](CC(=O)N(C)C)c1ccccc1.